The number of carbonyl (C=O) groups is 1. The molecule has 3 heterocycles. The van der Waals surface area contributed by atoms with Gasteiger partial charge in [0, 0.05) is 23.5 Å². The van der Waals surface area contributed by atoms with E-state index in [9.17, 15) is 9.90 Å². The molecule has 4 rings (SSSR count). The molecule has 180 valence electrons. The van der Waals surface area contributed by atoms with E-state index in [0.29, 0.717) is 33.3 Å². The third-order valence-corrected chi connectivity index (χ3v) is 5.91. The molecule has 0 radical (unpaired) electrons. The minimum Gasteiger partial charge on any atom is -0.496 e. The number of pyridine rings is 2. The van der Waals surface area contributed by atoms with Crippen molar-refractivity contribution < 1.29 is 19.4 Å². The van der Waals surface area contributed by atoms with Crippen molar-refractivity contribution in [3.05, 3.63) is 76.8 Å². The van der Waals surface area contributed by atoms with Gasteiger partial charge in [-0.25, -0.2) is 0 Å². The van der Waals surface area contributed by atoms with Crippen molar-refractivity contribution in [2.45, 2.75) is 26.1 Å². The molecule has 0 bridgehead atoms. The van der Waals surface area contributed by atoms with E-state index in [1.54, 1.807) is 45.2 Å². The van der Waals surface area contributed by atoms with Gasteiger partial charge in [0.2, 0.25) is 5.13 Å². The van der Waals surface area contributed by atoms with Crippen LogP contribution in [0.15, 0.2) is 54.9 Å². The van der Waals surface area contributed by atoms with Crippen LogP contribution in [0.25, 0.3) is 11.1 Å². The molecule has 0 aliphatic heterocycles. The summed E-state index contributed by atoms with van der Waals surface area (Å²) in [5.74, 6) is 0.139. The number of nitrogens with zero attached hydrogens (tertiary/aromatic N) is 4. The van der Waals surface area contributed by atoms with E-state index in [-0.39, 0.29) is 22.5 Å². The molecule has 11 heteroatoms. The second-order valence-electron chi connectivity index (χ2n) is 7.96. The van der Waals surface area contributed by atoms with Gasteiger partial charge in [-0.2, -0.15) is 0 Å². The van der Waals surface area contributed by atoms with Gasteiger partial charge in [-0.05, 0) is 49.4 Å². The van der Waals surface area contributed by atoms with Crippen molar-refractivity contribution in [1.29, 1.82) is 0 Å². The lowest BCUT2D eigenvalue weighted by atomic mass is 9.95. The van der Waals surface area contributed by atoms with Crippen LogP contribution in [-0.2, 0) is 12.2 Å². The first kappa shape index (κ1) is 24.5. The molecule has 0 aliphatic carbocycles. The van der Waals surface area contributed by atoms with Gasteiger partial charge >= 0.3 is 0 Å². The minimum atomic E-state index is -1.20. The van der Waals surface area contributed by atoms with Crippen molar-refractivity contribution in [3.63, 3.8) is 0 Å². The lowest BCUT2D eigenvalue weighted by molar-refractivity contribution is 0.0737. The van der Waals surface area contributed by atoms with Crippen LogP contribution < -0.4 is 14.8 Å². The van der Waals surface area contributed by atoms with Gasteiger partial charge < -0.3 is 14.6 Å². The van der Waals surface area contributed by atoms with E-state index in [0.717, 1.165) is 11.3 Å². The van der Waals surface area contributed by atoms with E-state index >= 15 is 0 Å². The molecule has 2 N–H and O–H groups in total. The van der Waals surface area contributed by atoms with Gasteiger partial charge in [0.25, 0.3) is 11.1 Å². The number of rotatable bonds is 8. The van der Waals surface area contributed by atoms with Crippen LogP contribution in [0.3, 0.4) is 0 Å². The average Bonchev–Trinajstić information content (AvgIpc) is 3.30. The molecular weight excluding hydrogens is 490 g/mol. The highest BCUT2D eigenvalue weighted by Crippen LogP contribution is 2.35. The van der Waals surface area contributed by atoms with Crippen LogP contribution in [0, 0.1) is 0 Å². The molecule has 0 aliphatic rings. The molecule has 0 spiro atoms. The topological polar surface area (TPSA) is 119 Å². The Morgan fingerprint density at radius 3 is 2.63 bits per heavy atom. The Balaban J connectivity index is 1.57. The van der Waals surface area contributed by atoms with Crippen LogP contribution in [0.2, 0.25) is 5.02 Å². The molecule has 3 aromatic heterocycles. The molecule has 0 fully saturated rings. The highest BCUT2D eigenvalue weighted by atomic mass is 35.5. The molecular formula is C24H22ClN5O4S. The van der Waals surface area contributed by atoms with Gasteiger partial charge in [0.05, 0.1) is 29.1 Å². The zero-order chi connectivity index (χ0) is 25.0. The number of methoxy groups -OCH3 is 1. The normalized spacial score (nSPS) is 11.2. The number of nitrogens with one attached hydrogen (secondary N) is 1. The zero-order valence-electron chi connectivity index (χ0n) is 19.2. The van der Waals surface area contributed by atoms with E-state index in [2.05, 4.69) is 25.5 Å². The summed E-state index contributed by atoms with van der Waals surface area (Å²) in [6.07, 6.45) is 2.96. The predicted molar refractivity (Wildman–Crippen MR) is 133 cm³/mol. The summed E-state index contributed by atoms with van der Waals surface area (Å²) in [6, 6.07) is 12.5. The Morgan fingerprint density at radius 1 is 1.11 bits per heavy atom. The van der Waals surface area contributed by atoms with E-state index in [1.807, 2.05) is 18.2 Å². The molecule has 35 heavy (non-hydrogen) atoms. The monoisotopic (exact) mass is 511 g/mol. The third-order valence-electron chi connectivity index (χ3n) is 4.93. The quantitative estimate of drug-likeness (QED) is 0.349. The first-order valence-corrected chi connectivity index (χ1v) is 11.7. The van der Waals surface area contributed by atoms with Crippen molar-refractivity contribution in [1.82, 2.24) is 20.2 Å². The maximum atomic E-state index is 13.2. The number of aromatic nitrogens is 4. The van der Waals surface area contributed by atoms with Crippen LogP contribution >= 0.6 is 22.9 Å². The van der Waals surface area contributed by atoms with Gasteiger partial charge in [-0.1, -0.05) is 34.9 Å². The highest BCUT2D eigenvalue weighted by Gasteiger charge is 2.24. The van der Waals surface area contributed by atoms with Gasteiger partial charge in [0.1, 0.15) is 18.0 Å². The number of halogens is 1. The molecule has 1 amide bonds. The second-order valence-corrected chi connectivity index (χ2v) is 9.33. The smallest absolute Gasteiger partial charge is 0.296 e. The Hall–Kier alpha value is -3.60. The Labute approximate surface area is 210 Å². The maximum absolute atomic E-state index is 13.2. The van der Waals surface area contributed by atoms with Gasteiger partial charge in [-0.15, -0.1) is 5.10 Å². The lowest BCUT2D eigenvalue weighted by Crippen LogP contribution is -2.20. The predicted octanol–water partition coefficient (Wildman–Crippen LogP) is 4.72. The Kier molecular flexibility index (Phi) is 7.25. The number of para-hydroxylation sites is 1. The fourth-order valence-electron chi connectivity index (χ4n) is 3.17. The van der Waals surface area contributed by atoms with Gasteiger partial charge in [0.15, 0.2) is 0 Å². The fraction of sp³-hybridized carbons (Fsp3) is 0.208. The van der Waals surface area contributed by atoms with E-state index < -0.39 is 11.5 Å². The summed E-state index contributed by atoms with van der Waals surface area (Å²) < 4.78 is 11.1. The van der Waals surface area contributed by atoms with E-state index in [1.165, 1.54) is 12.4 Å². The molecule has 4 aromatic rings. The van der Waals surface area contributed by atoms with Crippen molar-refractivity contribution in [2.24, 2.45) is 0 Å². The number of carbonyl (C=O) groups excluding carboxylic acids is 1. The zero-order valence-corrected chi connectivity index (χ0v) is 20.7. The van der Waals surface area contributed by atoms with Crippen LogP contribution in [0.1, 0.15) is 35.6 Å². The molecule has 0 atom stereocenters. The first-order valence-electron chi connectivity index (χ1n) is 10.5. The summed E-state index contributed by atoms with van der Waals surface area (Å²) in [6.45, 7) is 3.44. The summed E-state index contributed by atoms with van der Waals surface area (Å²) >= 11 is 6.92. The maximum Gasteiger partial charge on any atom is 0.296 e. The molecule has 0 saturated heterocycles. The number of anilines is 1. The van der Waals surface area contributed by atoms with E-state index in [4.69, 9.17) is 21.1 Å². The van der Waals surface area contributed by atoms with Crippen LogP contribution in [-0.4, -0.2) is 38.3 Å². The summed E-state index contributed by atoms with van der Waals surface area (Å²) in [5.41, 5.74) is 1.42. The summed E-state index contributed by atoms with van der Waals surface area (Å²) in [5, 5.41) is 22.2. The standard InChI is InChI=1S/C24H22ClN5O4S/c1-24(2,32)20-10-17(16-6-4-5-7-19(16)33-3)18(12-27-20)21(31)28-22-29-30-23(35-22)34-13-15-9-8-14(25)11-26-15/h4-12,32H,13H2,1-3H3,(H,28,29,31). The molecule has 1 aromatic carbocycles. The summed E-state index contributed by atoms with van der Waals surface area (Å²) in [4.78, 5) is 21.7. The number of amides is 1. The molecule has 0 saturated carbocycles. The van der Waals surface area contributed by atoms with Crippen LogP contribution in [0.5, 0.6) is 10.9 Å². The fourth-order valence-corrected chi connectivity index (χ4v) is 3.87. The lowest BCUT2D eigenvalue weighted by Gasteiger charge is -2.19. The van der Waals surface area contributed by atoms with Gasteiger partial charge in [-0.3, -0.25) is 20.1 Å². The van der Waals surface area contributed by atoms with Crippen molar-refractivity contribution in [3.8, 4) is 22.1 Å². The largest absolute Gasteiger partial charge is 0.496 e. The first-order chi connectivity index (χ1) is 16.7. The number of ether oxygens (including phenoxy) is 2. The Morgan fingerprint density at radius 2 is 1.91 bits per heavy atom. The number of hydrogen-bond donors (Lipinski definition) is 2. The molecule has 9 nitrogen and oxygen atoms in total. The summed E-state index contributed by atoms with van der Waals surface area (Å²) in [7, 11) is 1.55. The highest BCUT2D eigenvalue weighted by molar-refractivity contribution is 7.17. The number of hydrogen-bond acceptors (Lipinski definition) is 9. The number of benzene rings is 1. The van der Waals surface area contributed by atoms with Crippen molar-refractivity contribution >= 4 is 34.0 Å². The Bertz CT molecular complexity index is 1340. The third kappa shape index (κ3) is 5.91. The van der Waals surface area contributed by atoms with Crippen molar-refractivity contribution in [2.75, 3.05) is 12.4 Å². The number of aliphatic hydroxyl groups is 1. The second kappa shape index (κ2) is 10.3. The molecule has 0 unspecified atom stereocenters. The average molecular weight is 512 g/mol. The SMILES string of the molecule is COc1ccccc1-c1cc(C(C)(C)O)ncc1C(=O)Nc1nnc(OCc2ccc(Cl)cn2)s1. The minimum absolute atomic E-state index is 0.181. The van der Waals surface area contributed by atoms with Crippen LogP contribution in [0.4, 0.5) is 5.13 Å².